The lowest BCUT2D eigenvalue weighted by atomic mass is 10.1. The largest absolute Gasteiger partial charge is 0.294 e. The van der Waals surface area contributed by atoms with E-state index in [4.69, 9.17) is 15.7 Å². The number of hydrogen-bond donors (Lipinski definition) is 0. The zero-order valence-electron chi connectivity index (χ0n) is 8.80. The third kappa shape index (κ3) is 2.05. The summed E-state index contributed by atoms with van der Waals surface area (Å²) in [7, 11) is 0. The number of hydrogen-bond acceptors (Lipinski definition) is 1. The van der Waals surface area contributed by atoms with Crippen molar-refractivity contribution in [2.45, 2.75) is 13.3 Å². The van der Waals surface area contributed by atoms with Crippen LogP contribution in [0.5, 0.6) is 0 Å². The molecule has 11 heavy (non-hydrogen) atoms. The molecule has 0 unspecified atom stereocenters. The van der Waals surface area contributed by atoms with Crippen molar-refractivity contribution >= 4 is 17.4 Å². The minimum atomic E-state index is -2.22. The van der Waals surface area contributed by atoms with Gasteiger partial charge in [0.2, 0.25) is 0 Å². The van der Waals surface area contributed by atoms with Crippen molar-refractivity contribution in [3.8, 4) is 0 Å². The molecule has 1 rings (SSSR count). The molecule has 0 saturated carbocycles. The quantitative estimate of drug-likeness (QED) is 0.626. The molecule has 0 saturated heterocycles. The van der Waals surface area contributed by atoms with Crippen molar-refractivity contribution in [3.05, 3.63) is 34.9 Å². The van der Waals surface area contributed by atoms with Gasteiger partial charge in [-0.1, -0.05) is 30.6 Å². The maximum atomic E-state index is 11.4. The molecule has 0 atom stereocenters. The van der Waals surface area contributed by atoms with Crippen LogP contribution in [0.15, 0.2) is 24.3 Å². The second-order valence-electron chi connectivity index (χ2n) is 2.11. The van der Waals surface area contributed by atoms with Crippen LogP contribution < -0.4 is 0 Å². The van der Waals surface area contributed by atoms with E-state index >= 15 is 0 Å². The number of ketones is 1. The van der Waals surface area contributed by atoms with Gasteiger partial charge in [-0.25, -0.2) is 0 Å². The second kappa shape index (κ2) is 3.54. The van der Waals surface area contributed by atoms with Crippen LogP contribution in [0.3, 0.4) is 0 Å². The zero-order valence-corrected chi connectivity index (χ0v) is 6.56. The summed E-state index contributed by atoms with van der Waals surface area (Å²) in [6.07, 6.45) is -0.451. The first-order valence-corrected chi connectivity index (χ1v) is 3.55. The summed E-state index contributed by atoms with van der Waals surface area (Å²) >= 11 is 5.67. The highest BCUT2D eigenvalue weighted by molar-refractivity contribution is 6.30. The van der Waals surface area contributed by atoms with Gasteiger partial charge >= 0.3 is 0 Å². The topological polar surface area (TPSA) is 17.1 Å². The van der Waals surface area contributed by atoms with Gasteiger partial charge in [-0.15, -0.1) is 0 Å². The lowest BCUT2D eigenvalue weighted by Gasteiger charge is -1.96. The molecule has 0 radical (unpaired) electrons. The molecule has 1 aromatic carbocycles. The van der Waals surface area contributed by atoms with E-state index in [-0.39, 0.29) is 0 Å². The third-order valence-corrected chi connectivity index (χ3v) is 1.54. The van der Waals surface area contributed by atoms with Gasteiger partial charge in [0, 0.05) is 21.1 Å². The molecule has 0 aromatic heterocycles. The summed E-state index contributed by atoms with van der Waals surface area (Å²) in [5.41, 5.74) is 0.341. The Bertz CT molecular complexity index is 346. The van der Waals surface area contributed by atoms with Crippen LogP contribution in [0.1, 0.15) is 27.7 Å². The van der Waals surface area contributed by atoms with Crippen molar-refractivity contribution in [3.63, 3.8) is 0 Å². The molecule has 0 fully saturated rings. The molecular formula is C9H9ClO. The standard InChI is InChI=1S/C9H9ClO/c1-2-9(11)7-4-3-5-8(10)6-7/h3-6H,2H2,1H3/i1D3. The molecule has 0 spiro atoms. The molecule has 58 valence electrons. The first kappa shape index (κ1) is 4.94. The molecule has 0 bridgehead atoms. The monoisotopic (exact) mass is 171 g/mol. The van der Waals surface area contributed by atoms with Gasteiger partial charge < -0.3 is 0 Å². The van der Waals surface area contributed by atoms with Crippen molar-refractivity contribution < 1.29 is 8.91 Å². The molecule has 0 aliphatic carbocycles. The summed E-state index contributed by atoms with van der Waals surface area (Å²) < 4.78 is 20.8. The summed E-state index contributed by atoms with van der Waals surface area (Å²) in [5.74, 6) is -0.410. The molecule has 0 heterocycles. The van der Waals surface area contributed by atoms with E-state index in [0.717, 1.165) is 0 Å². The highest BCUT2D eigenvalue weighted by Gasteiger charge is 2.01. The molecule has 2 heteroatoms. The smallest absolute Gasteiger partial charge is 0.162 e. The fourth-order valence-corrected chi connectivity index (χ4v) is 0.954. The summed E-state index contributed by atoms with van der Waals surface area (Å²) in [5, 5.41) is 0.432. The SMILES string of the molecule is [2H]C([2H])([2H])CC(=O)c1cccc(Cl)c1. The first-order valence-electron chi connectivity index (χ1n) is 4.67. The highest BCUT2D eigenvalue weighted by atomic mass is 35.5. The maximum absolute atomic E-state index is 11.4. The van der Waals surface area contributed by atoms with E-state index in [1.165, 1.54) is 6.07 Å². The Labute approximate surface area is 75.2 Å². The Morgan fingerprint density at radius 2 is 2.55 bits per heavy atom. The van der Waals surface area contributed by atoms with Crippen molar-refractivity contribution in [1.29, 1.82) is 0 Å². The highest BCUT2D eigenvalue weighted by Crippen LogP contribution is 2.11. The molecule has 0 aliphatic rings. The minimum Gasteiger partial charge on any atom is -0.294 e. The number of Topliss-reactive ketones (excluding diaryl/α,β-unsaturated/α-hetero) is 1. The van der Waals surface area contributed by atoms with Gasteiger partial charge in [0.1, 0.15) is 0 Å². The van der Waals surface area contributed by atoms with E-state index in [0.29, 0.717) is 10.6 Å². The first-order chi connectivity index (χ1) is 6.38. The van der Waals surface area contributed by atoms with Crippen molar-refractivity contribution in [2.24, 2.45) is 0 Å². The van der Waals surface area contributed by atoms with Crippen LogP contribution in [0.25, 0.3) is 0 Å². The van der Waals surface area contributed by atoms with E-state index in [1.807, 2.05) is 0 Å². The van der Waals surface area contributed by atoms with Crippen molar-refractivity contribution in [2.75, 3.05) is 0 Å². The third-order valence-electron chi connectivity index (χ3n) is 1.31. The van der Waals surface area contributed by atoms with Crippen LogP contribution in [0, 0.1) is 0 Å². The summed E-state index contributed by atoms with van der Waals surface area (Å²) in [6.45, 7) is -2.22. The van der Waals surface area contributed by atoms with Crippen molar-refractivity contribution in [1.82, 2.24) is 0 Å². The lowest BCUT2D eigenvalue weighted by molar-refractivity contribution is 0.0988. The second-order valence-corrected chi connectivity index (χ2v) is 2.55. The number of carbonyl (C=O) groups excluding carboxylic acids is 1. The lowest BCUT2D eigenvalue weighted by Crippen LogP contribution is -1.94. The number of carbonyl (C=O) groups is 1. The van der Waals surface area contributed by atoms with Gasteiger partial charge in [-0.05, 0) is 12.1 Å². The van der Waals surface area contributed by atoms with Gasteiger partial charge in [0.25, 0.3) is 0 Å². The average Bonchev–Trinajstić information content (AvgIpc) is 2.01. The van der Waals surface area contributed by atoms with Crippen LogP contribution in [-0.4, -0.2) is 5.78 Å². The molecule has 1 aromatic rings. The number of rotatable bonds is 2. The van der Waals surface area contributed by atoms with E-state index in [2.05, 4.69) is 0 Å². The fraction of sp³-hybridized carbons (Fsp3) is 0.222. The van der Waals surface area contributed by atoms with E-state index in [9.17, 15) is 4.79 Å². The van der Waals surface area contributed by atoms with Crippen LogP contribution >= 0.6 is 11.6 Å². The van der Waals surface area contributed by atoms with Gasteiger partial charge in [-0.2, -0.15) is 0 Å². The Morgan fingerprint density at radius 1 is 1.73 bits per heavy atom. The Kier molecular flexibility index (Phi) is 1.59. The van der Waals surface area contributed by atoms with E-state index < -0.39 is 19.1 Å². The van der Waals surface area contributed by atoms with Gasteiger partial charge in [0.05, 0.1) is 0 Å². The Hall–Kier alpha value is -0.820. The van der Waals surface area contributed by atoms with Crippen LogP contribution in [0.4, 0.5) is 0 Å². The number of halogens is 1. The predicted octanol–water partition coefficient (Wildman–Crippen LogP) is 2.93. The predicted molar refractivity (Wildman–Crippen MR) is 46.1 cm³/mol. The van der Waals surface area contributed by atoms with Crippen LogP contribution in [-0.2, 0) is 0 Å². The zero-order chi connectivity index (χ0) is 10.8. The minimum absolute atomic E-state index is 0.341. The molecule has 0 aliphatic heterocycles. The Morgan fingerprint density at radius 3 is 3.18 bits per heavy atom. The Balaban J connectivity index is 2.80. The normalized spacial score (nSPS) is 14.8. The molecule has 1 nitrogen and oxygen atoms in total. The molecule has 0 N–H and O–H groups in total. The number of benzene rings is 1. The summed E-state index contributed by atoms with van der Waals surface area (Å²) in [6, 6.07) is 6.28. The molecular weight excluding hydrogens is 160 g/mol. The van der Waals surface area contributed by atoms with Crippen LogP contribution in [0.2, 0.25) is 5.02 Å². The average molecular weight is 172 g/mol. The molecule has 0 amide bonds. The van der Waals surface area contributed by atoms with Gasteiger partial charge in [0.15, 0.2) is 5.78 Å². The maximum Gasteiger partial charge on any atom is 0.162 e. The van der Waals surface area contributed by atoms with E-state index in [1.54, 1.807) is 18.2 Å². The summed E-state index contributed by atoms with van der Waals surface area (Å²) in [4.78, 5) is 11.4. The van der Waals surface area contributed by atoms with Gasteiger partial charge in [-0.3, -0.25) is 4.79 Å². The fourth-order valence-electron chi connectivity index (χ4n) is 0.764.